The quantitative estimate of drug-likeness (QED) is 0.850. The van der Waals surface area contributed by atoms with Gasteiger partial charge in [-0.05, 0) is 50.8 Å². The highest BCUT2D eigenvalue weighted by Crippen LogP contribution is 2.20. The van der Waals surface area contributed by atoms with Gasteiger partial charge in [0.1, 0.15) is 0 Å². The lowest BCUT2D eigenvalue weighted by molar-refractivity contribution is -0.127. The predicted molar refractivity (Wildman–Crippen MR) is 99.3 cm³/mol. The maximum absolute atomic E-state index is 12.7. The third kappa shape index (κ3) is 4.48. The number of H-pyrrole nitrogens is 1. The first-order valence-electron chi connectivity index (χ1n) is 9.21. The smallest absolute Gasteiger partial charge is 0.237 e. The van der Waals surface area contributed by atoms with Crippen LogP contribution < -0.4 is 5.32 Å². The third-order valence-electron chi connectivity index (χ3n) is 5.10. The summed E-state index contributed by atoms with van der Waals surface area (Å²) in [5.41, 5.74) is 4.60. The standard InChI is InChI=1S/C20H28N4O/c1-15-18(16(2)23-22-15)11-12-21-20(25)19-10-6-7-13-24(19)14-17-8-4-3-5-9-17/h3-5,8-9,19H,6-7,10-14H2,1-2H3,(H,21,25)(H,22,23)/t19-/m0/s1. The van der Waals surface area contributed by atoms with Crippen molar-refractivity contribution in [1.82, 2.24) is 20.4 Å². The minimum absolute atomic E-state index is 0.0134. The number of hydrogen-bond acceptors (Lipinski definition) is 3. The fraction of sp³-hybridized carbons (Fsp3) is 0.500. The fourth-order valence-corrected chi connectivity index (χ4v) is 3.67. The van der Waals surface area contributed by atoms with E-state index < -0.39 is 0 Å². The number of amides is 1. The number of carbonyl (C=O) groups is 1. The van der Waals surface area contributed by atoms with Crippen LogP contribution in [0.4, 0.5) is 0 Å². The molecular formula is C20H28N4O. The van der Waals surface area contributed by atoms with Gasteiger partial charge in [0, 0.05) is 18.8 Å². The van der Waals surface area contributed by atoms with E-state index in [1.165, 1.54) is 17.5 Å². The van der Waals surface area contributed by atoms with E-state index in [4.69, 9.17) is 0 Å². The van der Waals surface area contributed by atoms with E-state index in [1.54, 1.807) is 0 Å². The first-order valence-corrected chi connectivity index (χ1v) is 9.21. The molecule has 1 amide bonds. The van der Waals surface area contributed by atoms with Gasteiger partial charge in [-0.3, -0.25) is 14.8 Å². The number of benzene rings is 1. The number of aryl methyl sites for hydroxylation is 2. The Morgan fingerprint density at radius 1 is 1.28 bits per heavy atom. The molecule has 0 spiro atoms. The topological polar surface area (TPSA) is 61.0 Å². The summed E-state index contributed by atoms with van der Waals surface area (Å²) in [4.78, 5) is 15.0. The van der Waals surface area contributed by atoms with Crippen LogP contribution in [0, 0.1) is 13.8 Å². The highest BCUT2D eigenvalue weighted by Gasteiger charge is 2.28. The van der Waals surface area contributed by atoms with Crippen LogP contribution in [0.25, 0.3) is 0 Å². The second-order valence-electron chi connectivity index (χ2n) is 6.92. The minimum Gasteiger partial charge on any atom is -0.354 e. The van der Waals surface area contributed by atoms with Gasteiger partial charge in [-0.1, -0.05) is 36.8 Å². The van der Waals surface area contributed by atoms with Gasteiger partial charge in [0.15, 0.2) is 0 Å². The lowest BCUT2D eigenvalue weighted by Crippen LogP contribution is -2.49. The highest BCUT2D eigenvalue weighted by atomic mass is 16.2. The van der Waals surface area contributed by atoms with E-state index in [9.17, 15) is 4.79 Å². The Labute approximate surface area is 149 Å². The van der Waals surface area contributed by atoms with Gasteiger partial charge in [0.2, 0.25) is 5.91 Å². The lowest BCUT2D eigenvalue weighted by atomic mass is 10.00. The normalized spacial score (nSPS) is 18.2. The molecule has 1 aromatic carbocycles. The van der Waals surface area contributed by atoms with Crippen LogP contribution in [0.2, 0.25) is 0 Å². The number of hydrogen-bond donors (Lipinski definition) is 2. The molecule has 1 atom stereocenters. The fourth-order valence-electron chi connectivity index (χ4n) is 3.67. The van der Waals surface area contributed by atoms with Crippen molar-refractivity contribution in [1.29, 1.82) is 0 Å². The van der Waals surface area contributed by atoms with Gasteiger partial charge in [-0.25, -0.2) is 0 Å². The van der Waals surface area contributed by atoms with E-state index in [1.807, 2.05) is 19.9 Å². The number of piperidine rings is 1. The summed E-state index contributed by atoms with van der Waals surface area (Å²) in [6, 6.07) is 10.4. The van der Waals surface area contributed by atoms with Gasteiger partial charge < -0.3 is 5.32 Å². The van der Waals surface area contributed by atoms with Crippen LogP contribution in [0.3, 0.4) is 0 Å². The predicted octanol–water partition coefficient (Wildman–Crippen LogP) is 2.74. The molecule has 1 fully saturated rings. The highest BCUT2D eigenvalue weighted by molar-refractivity contribution is 5.81. The molecule has 2 N–H and O–H groups in total. The SMILES string of the molecule is Cc1n[nH]c(C)c1CCNC(=O)[C@@H]1CCCCN1Cc1ccccc1. The molecule has 1 aliphatic rings. The van der Waals surface area contributed by atoms with E-state index in [0.29, 0.717) is 6.54 Å². The van der Waals surface area contributed by atoms with Gasteiger partial charge >= 0.3 is 0 Å². The maximum atomic E-state index is 12.7. The van der Waals surface area contributed by atoms with Crippen LogP contribution in [0.1, 0.15) is 41.8 Å². The average Bonchev–Trinajstić information content (AvgIpc) is 2.95. The van der Waals surface area contributed by atoms with E-state index in [0.717, 1.165) is 43.7 Å². The van der Waals surface area contributed by atoms with Crippen molar-refractivity contribution in [3.05, 3.63) is 52.8 Å². The van der Waals surface area contributed by atoms with Crippen molar-refractivity contribution < 1.29 is 4.79 Å². The van der Waals surface area contributed by atoms with Gasteiger partial charge in [0.25, 0.3) is 0 Å². The molecule has 1 aliphatic heterocycles. The van der Waals surface area contributed by atoms with Crippen molar-refractivity contribution in [2.45, 2.75) is 52.1 Å². The summed E-state index contributed by atoms with van der Waals surface area (Å²) < 4.78 is 0. The maximum Gasteiger partial charge on any atom is 0.237 e. The van der Waals surface area contributed by atoms with Gasteiger partial charge in [0.05, 0.1) is 11.7 Å². The molecular weight excluding hydrogens is 312 g/mol. The Morgan fingerprint density at radius 3 is 2.80 bits per heavy atom. The van der Waals surface area contributed by atoms with Crippen LogP contribution in [0.15, 0.2) is 30.3 Å². The van der Waals surface area contributed by atoms with Crippen LogP contribution in [0.5, 0.6) is 0 Å². The average molecular weight is 340 g/mol. The summed E-state index contributed by atoms with van der Waals surface area (Å²) in [6.45, 7) is 6.53. The summed E-state index contributed by atoms with van der Waals surface area (Å²) >= 11 is 0. The second-order valence-corrected chi connectivity index (χ2v) is 6.92. The van der Waals surface area contributed by atoms with E-state index in [-0.39, 0.29) is 11.9 Å². The Kier molecular flexibility index (Phi) is 5.87. The largest absolute Gasteiger partial charge is 0.354 e. The molecule has 3 rings (SSSR count). The molecule has 1 aromatic heterocycles. The number of aromatic amines is 1. The Morgan fingerprint density at radius 2 is 2.08 bits per heavy atom. The molecule has 1 saturated heterocycles. The number of likely N-dealkylation sites (tertiary alicyclic amines) is 1. The van der Waals surface area contributed by atoms with Crippen LogP contribution >= 0.6 is 0 Å². The lowest BCUT2D eigenvalue weighted by Gasteiger charge is -2.34. The summed E-state index contributed by atoms with van der Waals surface area (Å²) in [7, 11) is 0. The first kappa shape index (κ1) is 17.7. The molecule has 2 aromatic rings. The summed E-state index contributed by atoms with van der Waals surface area (Å²) in [6.07, 6.45) is 4.07. The molecule has 0 saturated carbocycles. The number of nitrogens with zero attached hydrogens (tertiary/aromatic N) is 2. The molecule has 134 valence electrons. The molecule has 0 unspecified atom stereocenters. The molecule has 5 heteroatoms. The molecule has 0 radical (unpaired) electrons. The minimum atomic E-state index is -0.0134. The Bertz CT molecular complexity index is 675. The van der Waals surface area contributed by atoms with Crippen molar-refractivity contribution in [3.8, 4) is 0 Å². The molecule has 25 heavy (non-hydrogen) atoms. The molecule has 2 heterocycles. The van der Waals surface area contributed by atoms with E-state index >= 15 is 0 Å². The third-order valence-corrected chi connectivity index (χ3v) is 5.10. The van der Waals surface area contributed by atoms with Crippen LogP contribution in [-0.2, 0) is 17.8 Å². The molecule has 0 bridgehead atoms. The monoisotopic (exact) mass is 340 g/mol. The number of nitrogens with one attached hydrogen (secondary N) is 2. The van der Waals surface area contributed by atoms with Crippen molar-refractivity contribution in [2.75, 3.05) is 13.1 Å². The number of aromatic nitrogens is 2. The zero-order valence-electron chi connectivity index (χ0n) is 15.2. The Hall–Kier alpha value is -2.14. The second kappa shape index (κ2) is 8.30. The van der Waals surface area contributed by atoms with Crippen LogP contribution in [-0.4, -0.2) is 40.1 Å². The van der Waals surface area contributed by atoms with Gasteiger partial charge in [-0.15, -0.1) is 0 Å². The van der Waals surface area contributed by atoms with Crippen molar-refractivity contribution in [2.24, 2.45) is 0 Å². The Balaban J connectivity index is 1.55. The zero-order chi connectivity index (χ0) is 17.6. The summed E-state index contributed by atoms with van der Waals surface area (Å²) in [5, 5.41) is 10.4. The zero-order valence-corrected chi connectivity index (χ0v) is 15.2. The number of rotatable bonds is 6. The van der Waals surface area contributed by atoms with Crippen molar-refractivity contribution in [3.63, 3.8) is 0 Å². The molecule has 5 nitrogen and oxygen atoms in total. The van der Waals surface area contributed by atoms with Crippen molar-refractivity contribution >= 4 is 5.91 Å². The summed E-state index contributed by atoms with van der Waals surface area (Å²) in [5.74, 6) is 0.162. The first-order chi connectivity index (χ1) is 12.1. The molecule has 0 aliphatic carbocycles. The number of carbonyl (C=O) groups excluding carboxylic acids is 1. The van der Waals surface area contributed by atoms with E-state index in [2.05, 4.69) is 44.7 Å². The van der Waals surface area contributed by atoms with Gasteiger partial charge in [-0.2, -0.15) is 5.10 Å².